The molecule has 1 aromatic rings. The Morgan fingerprint density at radius 2 is 1.84 bits per heavy atom. The van der Waals surface area contributed by atoms with E-state index in [0.717, 1.165) is 0 Å². The van der Waals surface area contributed by atoms with E-state index in [1.54, 1.807) is 0 Å². The summed E-state index contributed by atoms with van der Waals surface area (Å²) >= 11 is 0. The number of hydrogen-bond acceptors (Lipinski definition) is 3. The van der Waals surface area contributed by atoms with Gasteiger partial charge >= 0.3 is 18.1 Å². The highest BCUT2D eigenvalue weighted by Crippen LogP contribution is 2.45. The number of carboxylic acid groups (broad SMARTS) is 1. The fourth-order valence-corrected chi connectivity index (χ4v) is 1.51. The van der Waals surface area contributed by atoms with Crippen LogP contribution >= 0.6 is 0 Å². The molecule has 4 nitrogen and oxygen atoms in total. The molecule has 104 valence electrons. The summed E-state index contributed by atoms with van der Waals surface area (Å²) in [5, 5.41) is 8.81. The van der Waals surface area contributed by atoms with Crippen LogP contribution in [0, 0.1) is 0 Å². The third-order valence-electron chi connectivity index (χ3n) is 2.65. The van der Waals surface area contributed by atoms with E-state index in [9.17, 15) is 26.7 Å². The second kappa shape index (κ2) is 4.10. The Labute approximate surface area is 103 Å². The van der Waals surface area contributed by atoms with Gasteiger partial charge in [-0.1, -0.05) is 0 Å². The Morgan fingerprint density at radius 1 is 1.26 bits per heavy atom. The summed E-state index contributed by atoms with van der Waals surface area (Å²) in [6.45, 7) is 0. The molecule has 0 aliphatic heterocycles. The molecular formula is C10H7F5N2O2. The summed E-state index contributed by atoms with van der Waals surface area (Å²) < 4.78 is 62.7. The monoisotopic (exact) mass is 282 g/mol. The minimum absolute atomic E-state index is 0.263. The zero-order valence-electron chi connectivity index (χ0n) is 9.21. The number of carbonyl (C=O) groups is 1. The van der Waals surface area contributed by atoms with Gasteiger partial charge in [0.2, 0.25) is 5.82 Å². The molecule has 0 radical (unpaired) electrons. The Morgan fingerprint density at radius 3 is 2.26 bits per heavy atom. The number of hydrogen-bond donors (Lipinski definition) is 1. The zero-order chi connectivity index (χ0) is 14.4. The highest BCUT2D eigenvalue weighted by molar-refractivity contribution is 5.88. The van der Waals surface area contributed by atoms with Crippen molar-refractivity contribution in [3.05, 3.63) is 23.3 Å². The van der Waals surface area contributed by atoms with E-state index in [0.29, 0.717) is 19.0 Å². The molecule has 0 atom stereocenters. The normalized spacial score (nSPS) is 16.5. The van der Waals surface area contributed by atoms with E-state index < -0.39 is 35.4 Å². The summed E-state index contributed by atoms with van der Waals surface area (Å²) in [4.78, 5) is 16.8. The van der Waals surface area contributed by atoms with Gasteiger partial charge in [-0.15, -0.1) is 0 Å². The molecule has 0 amide bonds. The van der Waals surface area contributed by atoms with Gasteiger partial charge in [-0.25, -0.2) is 14.8 Å². The lowest BCUT2D eigenvalue weighted by Gasteiger charge is -2.18. The summed E-state index contributed by atoms with van der Waals surface area (Å²) in [5.41, 5.74) is -0.703. The quantitative estimate of drug-likeness (QED) is 0.866. The van der Waals surface area contributed by atoms with Crippen molar-refractivity contribution in [3.8, 4) is 0 Å². The van der Waals surface area contributed by atoms with Crippen LogP contribution in [0.25, 0.3) is 0 Å². The van der Waals surface area contributed by atoms with Crippen LogP contribution in [0.2, 0.25) is 0 Å². The predicted octanol–water partition coefficient (Wildman–Crippen LogP) is 2.71. The average Bonchev–Trinajstić information content (AvgIpc) is 3.10. The van der Waals surface area contributed by atoms with E-state index >= 15 is 0 Å². The van der Waals surface area contributed by atoms with E-state index in [-0.39, 0.29) is 5.69 Å². The smallest absolute Gasteiger partial charge is 0.461 e. The molecule has 1 N–H and O–H groups in total. The Hall–Kier alpha value is -1.80. The maximum absolute atomic E-state index is 13.1. The first-order chi connectivity index (χ1) is 8.64. The fraction of sp³-hybridized carbons (Fsp3) is 0.500. The molecule has 0 saturated heterocycles. The molecular weight excluding hydrogens is 275 g/mol. The van der Waals surface area contributed by atoms with Crippen LogP contribution in [0.5, 0.6) is 0 Å². The zero-order valence-corrected chi connectivity index (χ0v) is 9.21. The molecule has 1 aromatic heterocycles. The molecule has 0 bridgehead atoms. The lowest BCUT2D eigenvalue weighted by molar-refractivity contribution is -0.292. The van der Waals surface area contributed by atoms with Crippen LogP contribution in [-0.2, 0) is 5.92 Å². The molecule has 0 aromatic carbocycles. The third kappa shape index (κ3) is 2.36. The first kappa shape index (κ1) is 13.6. The van der Waals surface area contributed by atoms with Gasteiger partial charge < -0.3 is 5.11 Å². The van der Waals surface area contributed by atoms with Crippen LogP contribution in [0.1, 0.15) is 40.6 Å². The van der Waals surface area contributed by atoms with Crippen molar-refractivity contribution in [1.82, 2.24) is 9.97 Å². The SMILES string of the molecule is O=C(O)c1cnc(C(F)(F)C(F)(F)F)nc1C1CC1. The third-order valence-corrected chi connectivity index (χ3v) is 2.65. The maximum Gasteiger partial charge on any atom is 0.461 e. The number of rotatable bonds is 3. The van der Waals surface area contributed by atoms with Gasteiger partial charge in [0.05, 0.1) is 11.3 Å². The van der Waals surface area contributed by atoms with Crippen molar-refractivity contribution < 1.29 is 31.9 Å². The molecule has 9 heteroatoms. The van der Waals surface area contributed by atoms with Gasteiger partial charge in [-0.05, 0) is 12.8 Å². The standard InChI is InChI=1S/C10H7F5N2O2/c11-9(12,10(13,14)15)8-16-3-5(7(18)19)6(17-8)4-1-2-4/h3-4H,1-2H2,(H,18,19). The molecule has 1 fully saturated rings. The van der Waals surface area contributed by atoms with Gasteiger partial charge in [0, 0.05) is 12.1 Å². The molecule has 2 rings (SSSR count). The number of aromatic nitrogens is 2. The van der Waals surface area contributed by atoms with Gasteiger partial charge in [0.25, 0.3) is 0 Å². The van der Waals surface area contributed by atoms with Crippen molar-refractivity contribution in [1.29, 1.82) is 0 Å². The number of aromatic carboxylic acids is 1. The van der Waals surface area contributed by atoms with Crippen molar-refractivity contribution in [3.63, 3.8) is 0 Å². The largest absolute Gasteiger partial charge is 0.478 e. The van der Waals surface area contributed by atoms with Crippen LogP contribution in [0.15, 0.2) is 6.20 Å². The van der Waals surface area contributed by atoms with E-state index in [1.807, 2.05) is 0 Å². The summed E-state index contributed by atoms with van der Waals surface area (Å²) in [5.74, 6) is -8.76. The minimum atomic E-state index is -5.82. The predicted molar refractivity (Wildman–Crippen MR) is 50.9 cm³/mol. The first-order valence-corrected chi connectivity index (χ1v) is 5.20. The number of halogens is 5. The molecule has 1 aliphatic carbocycles. The maximum atomic E-state index is 13.1. The summed E-state index contributed by atoms with van der Waals surface area (Å²) in [6.07, 6.45) is -4.31. The topological polar surface area (TPSA) is 63.1 Å². The number of nitrogens with zero attached hydrogens (tertiary/aromatic N) is 2. The van der Waals surface area contributed by atoms with E-state index in [4.69, 9.17) is 5.11 Å². The molecule has 1 aliphatic rings. The van der Waals surface area contributed by atoms with Gasteiger partial charge in [0.1, 0.15) is 0 Å². The summed E-state index contributed by atoms with van der Waals surface area (Å²) in [7, 11) is 0. The van der Waals surface area contributed by atoms with Crippen LogP contribution in [-0.4, -0.2) is 27.2 Å². The molecule has 19 heavy (non-hydrogen) atoms. The average molecular weight is 282 g/mol. The van der Waals surface area contributed by atoms with Crippen molar-refractivity contribution in [2.45, 2.75) is 30.9 Å². The second-order valence-electron chi connectivity index (χ2n) is 4.14. The molecule has 1 saturated carbocycles. The Bertz CT molecular complexity index is 525. The van der Waals surface area contributed by atoms with Crippen molar-refractivity contribution in [2.75, 3.05) is 0 Å². The highest BCUT2D eigenvalue weighted by atomic mass is 19.4. The first-order valence-electron chi connectivity index (χ1n) is 5.20. The molecule has 0 spiro atoms. The van der Waals surface area contributed by atoms with Crippen molar-refractivity contribution >= 4 is 5.97 Å². The fourth-order valence-electron chi connectivity index (χ4n) is 1.51. The van der Waals surface area contributed by atoms with E-state index in [2.05, 4.69) is 9.97 Å². The number of alkyl halides is 5. The summed E-state index contributed by atoms with van der Waals surface area (Å²) in [6, 6.07) is 0. The Kier molecular flexibility index (Phi) is 2.94. The van der Waals surface area contributed by atoms with Crippen LogP contribution < -0.4 is 0 Å². The molecule has 0 unspecified atom stereocenters. The lowest BCUT2D eigenvalue weighted by Crippen LogP contribution is -2.36. The number of carboxylic acids is 1. The van der Waals surface area contributed by atoms with Crippen LogP contribution in [0.3, 0.4) is 0 Å². The van der Waals surface area contributed by atoms with Gasteiger partial charge in [-0.3, -0.25) is 0 Å². The van der Waals surface area contributed by atoms with Crippen LogP contribution in [0.4, 0.5) is 22.0 Å². The van der Waals surface area contributed by atoms with Gasteiger partial charge in [-0.2, -0.15) is 22.0 Å². The minimum Gasteiger partial charge on any atom is -0.478 e. The highest BCUT2D eigenvalue weighted by Gasteiger charge is 2.61. The molecule has 1 heterocycles. The van der Waals surface area contributed by atoms with E-state index in [1.165, 1.54) is 0 Å². The Balaban J connectivity index is 2.50. The van der Waals surface area contributed by atoms with Gasteiger partial charge in [0.15, 0.2) is 0 Å². The lowest BCUT2D eigenvalue weighted by atomic mass is 10.1. The van der Waals surface area contributed by atoms with Crippen molar-refractivity contribution in [2.24, 2.45) is 0 Å². The second-order valence-corrected chi connectivity index (χ2v) is 4.14.